The van der Waals surface area contributed by atoms with Gasteiger partial charge in [-0.05, 0) is 48.9 Å². The molecule has 0 unspecified atom stereocenters. The van der Waals surface area contributed by atoms with E-state index >= 15 is 0 Å². The number of allylic oxidation sites excluding steroid dienone is 1. The summed E-state index contributed by atoms with van der Waals surface area (Å²) in [6, 6.07) is 13.2. The Hall–Kier alpha value is -3.26. The van der Waals surface area contributed by atoms with Gasteiger partial charge in [0.2, 0.25) is 5.91 Å². The van der Waals surface area contributed by atoms with Crippen LogP contribution in [0.5, 0.6) is 11.5 Å². The summed E-state index contributed by atoms with van der Waals surface area (Å²) in [5.41, 5.74) is 2.59. The fraction of sp³-hybridized carbons (Fsp3) is 0.227. The van der Waals surface area contributed by atoms with E-state index in [0.717, 1.165) is 16.9 Å². The number of carbonyl (C=O) groups excluding carboxylic acids is 1. The molecule has 0 spiro atoms. The Morgan fingerprint density at radius 3 is 2.60 bits per heavy atom. The fourth-order valence-electron chi connectivity index (χ4n) is 2.88. The van der Waals surface area contributed by atoms with Crippen LogP contribution in [0.1, 0.15) is 5.56 Å². The van der Waals surface area contributed by atoms with Crippen LogP contribution >= 0.6 is 11.8 Å². The van der Waals surface area contributed by atoms with E-state index in [0.29, 0.717) is 29.0 Å². The van der Waals surface area contributed by atoms with Gasteiger partial charge >= 0.3 is 0 Å². The van der Waals surface area contributed by atoms with E-state index in [-0.39, 0.29) is 11.7 Å². The molecule has 0 atom stereocenters. The second-order valence-electron chi connectivity index (χ2n) is 6.47. The standard InChI is InChI=1S/C22H24N4O3S/c1-5-12-26-21(16-7-9-17(28-3)10-8-16)24-25-22(26)30-14-20(27)23-18-13-15(2)6-11-19(18)29-4/h5-11,13H,1,12,14H2,2-4H3,(H,23,27). The van der Waals surface area contributed by atoms with Crippen LogP contribution in [0, 0.1) is 6.92 Å². The second-order valence-corrected chi connectivity index (χ2v) is 7.42. The molecule has 0 aliphatic rings. The van der Waals surface area contributed by atoms with Crippen molar-refractivity contribution in [1.82, 2.24) is 14.8 Å². The maximum atomic E-state index is 12.5. The zero-order valence-electron chi connectivity index (χ0n) is 17.2. The van der Waals surface area contributed by atoms with Crippen molar-refractivity contribution in [1.29, 1.82) is 0 Å². The molecule has 30 heavy (non-hydrogen) atoms. The number of aryl methyl sites for hydroxylation is 1. The number of anilines is 1. The van der Waals surface area contributed by atoms with Crippen LogP contribution in [0.25, 0.3) is 11.4 Å². The van der Waals surface area contributed by atoms with Crippen molar-refractivity contribution >= 4 is 23.4 Å². The monoisotopic (exact) mass is 424 g/mol. The number of rotatable bonds is 9. The largest absolute Gasteiger partial charge is 0.497 e. The third-order valence-corrected chi connectivity index (χ3v) is 5.30. The van der Waals surface area contributed by atoms with Gasteiger partial charge < -0.3 is 14.8 Å². The van der Waals surface area contributed by atoms with Gasteiger partial charge in [0.25, 0.3) is 0 Å². The van der Waals surface area contributed by atoms with E-state index in [2.05, 4.69) is 22.1 Å². The molecule has 0 saturated heterocycles. The van der Waals surface area contributed by atoms with Gasteiger partial charge in [0.1, 0.15) is 11.5 Å². The number of hydrogen-bond acceptors (Lipinski definition) is 6. The van der Waals surface area contributed by atoms with Gasteiger partial charge in [0.15, 0.2) is 11.0 Å². The summed E-state index contributed by atoms with van der Waals surface area (Å²) in [7, 11) is 3.20. The predicted octanol–water partition coefficient (Wildman–Crippen LogP) is 4.19. The molecule has 0 saturated carbocycles. The molecule has 1 heterocycles. The number of nitrogens with zero attached hydrogens (tertiary/aromatic N) is 3. The Labute approximate surface area is 180 Å². The Morgan fingerprint density at radius 2 is 1.93 bits per heavy atom. The first kappa shape index (κ1) is 21.4. The number of benzene rings is 2. The molecule has 0 bridgehead atoms. The lowest BCUT2D eigenvalue weighted by Gasteiger charge is -2.11. The highest BCUT2D eigenvalue weighted by atomic mass is 32.2. The molecule has 0 fully saturated rings. The predicted molar refractivity (Wildman–Crippen MR) is 119 cm³/mol. The molecule has 7 nitrogen and oxygen atoms in total. The summed E-state index contributed by atoms with van der Waals surface area (Å²) < 4.78 is 12.5. The first-order chi connectivity index (χ1) is 14.5. The smallest absolute Gasteiger partial charge is 0.234 e. The molecule has 3 aromatic rings. The average molecular weight is 425 g/mol. The van der Waals surface area contributed by atoms with Crippen molar-refractivity contribution in [3.8, 4) is 22.9 Å². The molecule has 0 aliphatic heterocycles. The summed E-state index contributed by atoms with van der Waals surface area (Å²) in [6.45, 7) is 6.31. The quantitative estimate of drug-likeness (QED) is 0.410. The Balaban J connectivity index is 1.73. The topological polar surface area (TPSA) is 78.3 Å². The summed E-state index contributed by atoms with van der Waals surface area (Å²) in [6.07, 6.45) is 1.78. The van der Waals surface area contributed by atoms with Gasteiger partial charge in [0, 0.05) is 12.1 Å². The molecule has 0 radical (unpaired) electrons. The summed E-state index contributed by atoms with van der Waals surface area (Å²) in [5, 5.41) is 12.1. The van der Waals surface area contributed by atoms with Crippen LogP contribution in [0.4, 0.5) is 5.69 Å². The SMILES string of the molecule is C=CCn1c(SCC(=O)Nc2cc(C)ccc2OC)nnc1-c1ccc(OC)cc1. The lowest BCUT2D eigenvalue weighted by molar-refractivity contribution is -0.113. The Morgan fingerprint density at radius 1 is 1.17 bits per heavy atom. The van der Waals surface area contributed by atoms with E-state index in [1.165, 1.54) is 11.8 Å². The molecule has 156 valence electrons. The molecule has 1 N–H and O–H groups in total. The van der Waals surface area contributed by atoms with Crippen molar-refractivity contribution in [2.45, 2.75) is 18.6 Å². The maximum Gasteiger partial charge on any atom is 0.234 e. The van der Waals surface area contributed by atoms with Crippen molar-refractivity contribution in [2.75, 3.05) is 25.3 Å². The molecule has 1 amide bonds. The van der Waals surface area contributed by atoms with Crippen LogP contribution in [-0.2, 0) is 11.3 Å². The summed E-state index contributed by atoms with van der Waals surface area (Å²) in [5.74, 6) is 2.14. The zero-order chi connectivity index (χ0) is 21.5. The third-order valence-electron chi connectivity index (χ3n) is 4.34. The first-order valence-electron chi connectivity index (χ1n) is 9.31. The van der Waals surface area contributed by atoms with Crippen LogP contribution in [0.2, 0.25) is 0 Å². The van der Waals surface area contributed by atoms with Gasteiger partial charge in [-0.25, -0.2) is 0 Å². The lowest BCUT2D eigenvalue weighted by Crippen LogP contribution is -2.15. The summed E-state index contributed by atoms with van der Waals surface area (Å²) >= 11 is 1.32. The van der Waals surface area contributed by atoms with E-state index < -0.39 is 0 Å². The minimum atomic E-state index is -0.150. The number of methoxy groups -OCH3 is 2. The Bertz CT molecular complexity index is 1030. The van der Waals surface area contributed by atoms with Crippen LogP contribution in [0.3, 0.4) is 0 Å². The van der Waals surface area contributed by atoms with Gasteiger partial charge in [-0.1, -0.05) is 23.9 Å². The van der Waals surface area contributed by atoms with Gasteiger partial charge in [-0.3, -0.25) is 9.36 Å². The molecule has 8 heteroatoms. The molecule has 2 aromatic carbocycles. The number of ether oxygens (including phenoxy) is 2. The van der Waals surface area contributed by atoms with Crippen molar-refractivity contribution in [2.24, 2.45) is 0 Å². The Kier molecular flexibility index (Phi) is 7.13. The number of amides is 1. The third kappa shape index (κ3) is 5.01. The average Bonchev–Trinajstić information content (AvgIpc) is 3.15. The molecular weight excluding hydrogens is 400 g/mol. The van der Waals surface area contributed by atoms with Crippen LogP contribution in [-0.4, -0.2) is 40.6 Å². The van der Waals surface area contributed by atoms with Gasteiger partial charge in [-0.2, -0.15) is 0 Å². The van der Waals surface area contributed by atoms with Crippen molar-refractivity contribution in [3.05, 3.63) is 60.7 Å². The number of thioether (sulfide) groups is 1. The van der Waals surface area contributed by atoms with Gasteiger partial charge in [0.05, 0.1) is 25.7 Å². The maximum absolute atomic E-state index is 12.5. The number of carbonyl (C=O) groups is 1. The highest BCUT2D eigenvalue weighted by Crippen LogP contribution is 2.27. The number of nitrogens with one attached hydrogen (secondary N) is 1. The van der Waals surface area contributed by atoms with E-state index in [4.69, 9.17) is 9.47 Å². The number of aromatic nitrogens is 3. The van der Waals surface area contributed by atoms with E-state index in [9.17, 15) is 4.79 Å². The molecular formula is C22H24N4O3S. The molecule has 3 rings (SSSR count). The van der Waals surface area contributed by atoms with Crippen LogP contribution in [0.15, 0.2) is 60.3 Å². The highest BCUT2D eigenvalue weighted by molar-refractivity contribution is 7.99. The van der Waals surface area contributed by atoms with E-state index in [1.807, 2.05) is 54.0 Å². The van der Waals surface area contributed by atoms with Gasteiger partial charge in [-0.15, -0.1) is 16.8 Å². The minimum Gasteiger partial charge on any atom is -0.497 e. The fourth-order valence-corrected chi connectivity index (χ4v) is 3.63. The first-order valence-corrected chi connectivity index (χ1v) is 10.3. The van der Waals surface area contributed by atoms with E-state index in [1.54, 1.807) is 20.3 Å². The number of hydrogen-bond donors (Lipinski definition) is 1. The second kappa shape index (κ2) is 9.98. The van der Waals surface area contributed by atoms with Crippen LogP contribution < -0.4 is 14.8 Å². The van der Waals surface area contributed by atoms with Crippen molar-refractivity contribution in [3.63, 3.8) is 0 Å². The molecule has 0 aliphatic carbocycles. The van der Waals surface area contributed by atoms with Crippen molar-refractivity contribution < 1.29 is 14.3 Å². The minimum absolute atomic E-state index is 0.150. The normalized spacial score (nSPS) is 10.5. The molecule has 1 aromatic heterocycles. The highest BCUT2D eigenvalue weighted by Gasteiger charge is 2.16. The summed E-state index contributed by atoms with van der Waals surface area (Å²) in [4.78, 5) is 12.5. The zero-order valence-corrected chi connectivity index (χ0v) is 18.0. The lowest BCUT2D eigenvalue weighted by atomic mass is 10.2.